The molecule has 32 heavy (non-hydrogen) atoms. The molecule has 0 unspecified atom stereocenters. The van der Waals surface area contributed by atoms with E-state index in [1.54, 1.807) is 13.1 Å². The molecule has 2 aromatic carbocycles. The highest BCUT2D eigenvalue weighted by atomic mass is 19.1. The van der Waals surface area contributed by atoms with Crippen LogP contribution in [0.4, 0.5) is 10.1 Å². The summed E-state index contributed by atoms with van der Waals surface area (Å²) < 4.78 is 16.9. The molecule has 0 aliphatic carbocycles. The molecular formula is C23H22FN5O3. The predicted octanol–water partition coefficient (Wildman–Crippen LogP) is 2.34. The minimum Gasteiger partial charge on any atom is -0.325 e. The van der Waals surface area contributed by atoms with Crippen LogP contribution in [0.2, 0.25) is 0 Å². The summed E-state index contributed by atoms with van der Waals surface area (Å²) in [6.07, 6.45) is 1.53. The standard InChI is InChI=1S/C23H22FN5O3/c1-14-4-9-18(10-15(14)2)25-20(30)13-28-19-12-27(3)26-21(19)22(31)29(23(28)32)11-16-5-7-17(24)8-6-16/h4-10,12H,11,13H2,1-3H3,(H,25,30). The van der Waals surface area contributed by atoms with E-state index in [4.69, 9.17) is 0 Å². The van der Waals surface area contributed by atoms with E-state index in [0.717, 1.165) is 15.7 Å². The molecule has 8 nitrogen and oxygen atoms in total. The fourth-order valence-corrected chi connectivity index (χ4v) is 3.52. The Labute approximate surface area is 182 Å². The maximum atomic E-state index is 13.2. The van der Waals surface area contributed by atoms with Gasteiger partial charge in [-0.05, 0) is 54.8 Å². The number of nitrogens with zero attached hydrogens (tertiary/aromatic N) is 4. The Hall–Kier alpha value is -4.01. The summed E-state index contributed by atoms with van der Waals surface area (Å²) in [5, 5.41) is 6.97. The predicted molar refractivity (Wildman–Crippen MR) is 119 cm³/mol. The highest BCUT2D eigenvalue weighted by Crippen LogP contribution is 2.14. The smallest absolute Gasteiger partial charge is 0.325 e. The van der Waals surface area contributed by atoms with Gasteiger partial charge < -0.3 is 5.32 Å². The maximum Gasteiger partial charge on any atom is 0.332 e. The number of benzene rings is 2. The lowest BCUT2D eigenvalue weighted by Crippen LogP contribution is -2.41. The van der Waals surface area contributed by atoms with Gasteiger partial charge in [-0.3, -0.25) is 23.4 Å². The molecule has 2 aromatic heterocycles. The molecule has 0 saturated heterocycles. The first kappa shape index (κ1) is 21.2. The molecule has 4 rings (SSSR count). The minimum absolute atomic E-state index is 0.0662. The summed E-state index contributed by atoms with van der Waals surface area (Å²) in [6, 6.07) is 11.1. The molecule has 4 aromatic rings. The lowest BCUT2D eigenvalue weighted by atomic mass is 10.1. The van der Waals surface area contributed by atoms with Crippen LogP contribution in [0.5, 0.6) is 0 Å². The van der Waals surface area contributed by atoms with Crippen molar-refractivity contribution in [1.29, 1.82) is 0 Å². The first-order valence-electron chi connectivity index (χ1n) is 10.0. The van der Waals surface area contributed by atoms with Crippen molar-refractivity contribution in [2.45, 2.75) is 26.9 Å². The quantitative estimate of drug-likeness (QED) is 0.521. The van der Waals surface area contributed by atoms with Crippen molar-refractivity contribution in [3.63, 3.8) is 0 Å². The lowest BCUT2D eigenvalue weighted by molar-refractivity contribution is -0.116. The highest BCUT2D eigenvalue weighted by Gasteiger charge is 2.18. The number of aryl methyl sites for hydroxylation is 3. The first-order valence-corrected chi connectivity index (χ1v) is 10.0. The zero-order valence-corrected chi connectivity index (χ0v) is 17.9. The van der Waals surface area contributed by atoms with Gasteiger partial charge in [-0.15, -0.1) is 0 Å². The number of carbonyl (C=O) groups is 1. The number of halogens is 1. The third-order valence-electron chi connectivity index (χ3n) is 5.36. The van der Waals surface area contributed by atoms with Crippen LogP contribution in [0.25, 0.3) is 11.0 Å². The number of rotatable bonds is 5. The summed E-state index contributed by atoms with van der Waals surface area (Å²) in [4.78, 5) is 38.9. The molecular weight excluding hydrogens is 413 g/mol. The van der Waals surface area contributed by atoms with Gasteiger partial charge in [-0.1, -0.05) is 18.2 Å². The van der Waals surface area contributed by atoms with Crippen molar-refractivity contribution in [2.75, 3.05) is 5.32 Å². The monoisotopic (exact) mass is 435 g/mol. The highest BCUT2D eigenvalue weighted by molar-refractivity contribution is 5.91. The van der Waals surface area contributed by atoms with E-state index in [9.17, 15) is 18.8 Å². The van der Waals surface area contributed by atoms with Gasteiger partial charge in [-0.25, -0.2) is 9.18 Å². The number of hydrogen-bond donors (Lipinski definition) is 1. The second-order valence-electron chi connectivity index (χ2n) is 7.77. The average molecular weight is 435 g/mol. The van der Waals surface area contributed by atoms with Crippen molar-refractivity contribution in [1.82, 2.24) is 18.9 Å². The fraction of sp³-hybridized carbons (Fsp3) is 0.217. The number of hydrogen-bond acceptors (Lipinski definition) is 4. The fourth-order valence-electron chi connectivity index (χ4n) is 3.52. The Morgan fingerprint density at radius 3 is 2.44 bits per heavy atom. The Morgan fingerprint density at radius 2 is 1.75 bits per heavy atom. The number of anilines is 1. The molecule has 9 heteroatoms. The van der Waals surface area contributed by atoms with Crippen LogP contribution in [0.15, 0.2) is 58.3 Å². The normalized spacial score (nSPS) is 11.1. The van der Waals surface area contributed by atoms with Crippen LogP contribution in [-0.2, 0) is 24.9 Å². The van der Waals surface area contributed by atoms with Gasteiger partial charge in [0, 0.05) is 18.9 Å². The summed E-state index contributed by atoms with van der Waals surface area (Å²) in [6.45, 7) is 3.56. The van der Waals surface area contributed by atoms with Gasteiger partial charge in [0.05, 0.1) is 12.1 Å². The molecule has 1 N–H and O–H groups in total. The molecule has 164 valence electrons. The topological polar surface area (TPSA) is 90.9 Å². The van der Waals surface area contributed by atoms with E-state index in [0.29, 0.717) is 11.3 Å². The van der Waals surface area contributed by atoms with E-state index < -0.39 is 23.0 Å². The Kier molecular flexibility index (Phi) is 5.48. The largest absolute Gasteiger partial charge is 0.332 e. The van der Waals surface area contributed by atoms with Crippen molar-refractivity contribution in [3.8, 4) is 0 Å². The summed E-state index contributed by atoms with van der Waals surface area (Å²) >= 11 is 0. The number of aromatic nitrogens is 4. The van der Waals surface area contributed by atoms with E-state index in [1.165, 1.54) is 39.7 Å². The van der Waals surface area contributed by atoms with Crippen LogP contribution >= 0.6 is 0 Å². The number of amides is 1. The van der Waals surface area contributed by atoms with Crippen LogP contribution in [0.1, 0.15) is 16.7 Å². The molecule has 2 heterocycles. The van der Waals surface area contributed by atoms with Gasteiger partial charge in [0.1, 0.15) is 12.4 Å². The molecule has 0 saturated carbocycles. The van der Waals surface area contributed by atoms with Gasteiger partial charge in [0.25, 0.3) is 5.56 Å². The van der Waals surface area contributed by atoms with Crippen molar-refractivity contribution >= 4 is 22.6 Å². The van der Waals surface area contributed by atoms with Crippen LogP contribution < -0.4 is 16.6 Å². The van der Waals surface area contributed by atoms with Gasteiger partial charge >= 0.3 is 5.69 Å². The number of fused-ring (bicyclic) bond motifs is 1. The maximum absolute atomic E-state index is 13.2. The second-order valence-corrected chi connectivity index (χ2v) is 7.77. The molecule has 0 atom stereocenters. The molecule has 1 amide bonds. The third kappa shape index (κ3) is 4.09. The average Bonchev–Trinajstić information content (AvgIpc) is 3.14. The molecule has 0 bridgehead atoms. The van der Waals surface area contributed by atoms with E-state index >= 15 is 0 Å². The molecule has 0 fully saturated rings. The zero-order valence-electron chi connectivity index (χ0n) is 17.9. The summed E-state index contributed by atoms with van der Waals surface area (Å²) in [5.41, 5.74) is 2.46. The van der Waals surface area contributed by atoms with E-state index in [-0.39, 0.29) is 24.1 Å². The Bertz CT molecular complexity index is 1450. The van der Waals surface area contributed by atoms with E-state index in [2.05, 4.69) is 10.4 Å². The van der Waals surface area contributed by atoms with E-state index in [1.807, 2.05) is 26.0 Å². The molecule has 0 aliphatic heterocycles. The van der Waals surface area contributed by atoms with Gasteiger partial charge in [-0.2, -0.15) is 5.10 Å². The number of nitrogens with one attached hydrogen (secondary N) is 1. The second kappa shape index (κ2) is 8.26. The van der Waals surface area contributed by atoms with Crippen LogP contribution in [0.3, 0.4) is 0 Å². The first-order chi connectivity index (χ1) is 15.2. The van der Waals surface area contributed by atoms with Gasteiger partial charge in [0.15, 0.2) is 5.52 Å². The number of carbonyl (C=O) groups excluding carboxylic acids is 1. The molecule has 0 aliphatic rings. The third-order valence-corrected chi connectivity index (χ3v) is 5.36. The van der Waals surface area contributed by atoms with Crippen LogP contribution in [-0.4, -0.2) is 24.8 Å². The molecule has 0 spiro atoms. The van der Waals surface area contributed by atoms with Crippen molar-refractivity contribution < 1.29 is 9.18 Å². The summed E-state index contributed by atoms with van der Waals surface area (Å²) in [5.74, 6) is -0.825. The Morgan fingerprint density at radius 1 is 1.03 bits per heavy atom. The SMILES string of the molecule is Cc1ccc(NC(=O)Cn2c(=O)n(Cc3ccc(F)cc3)c(=O)c3nn(C)cc32)cc1C. The summed E-state index contributed by atoms with van der Waals surface area (Å²) in [7, 11) is 1.63. The van der Waals surface area contributed by atoms with Crippen molar-refractivity contribution in [2.24, 2.45) is 7.05 Å². The lowest BCUT2D eigenvalue weighted by Gasteiger charge is -2.12. The van der Waals surface area contributed by atoms with Crippen LogP contribution in [0, 0.1) is 19.7 Å². The zero-order chi connectivity index (χ0) is 23.0. The Balaban J connectivity index is 1.73. The molecule has 0 radical (unpaired) electrons. The van der Waals surface area contributed by atoms with Gasteiger partial charge in [0.2, 0.25) is 5.91 Å². The minimum atomic E-state index is -0.643. The van der Waals surface area contributed by atoms with Crippen molar-refractivity contribution in [3.05, 3.63) is 92.0 Å².